The Labute approximate surface area is 124 Å². The van der Waals surface area contributed by atoms with Gasteiger partial charge in [-0.2, -0.15) is 0 Å². The van der Waals surface area contributed by atoms with Crippen LogP contribution in [0, 0.1) is 0 Å². The molecule has 0 heterocycles. The van der Waals surface area contributed by atoms with Crippen LogP contribution in [-0.2, 0) is 27.5 Å². The molecule has 0 fully saturated rings. The Hall–Kier alpha value is -2.17. The van der Waals surface area contributed by atoms with Crippen molar-refractivity contribution in [1.82, 2.24) is 0 Å². The number of benzene rings is 2. The minimum atomic E-state index is -0.516. The molecular weight excluding hydrogens is 266 g/mol. The Morgan fingerprint density at radius 3 is 2.00 bits per heavy atom. The summed E-state index contributed by atoms with van der Waals surface area (Å²) in [7, 11) is 0. The summed E-state index contributed by atoms with van der Waals surface area (Å²) in [5.74, 6) is -0.341. The lowest BCUT2D eigenvalue weighted by molar-refractivity contribution is -0.415. The average Bonchev–Trinajstić information content (AvgIpc) is 2.54. The van der Waals surface area contributed by atoms with E-state index in [0.717, 1.165) is 11.1 Å². The van der Waals surface area contributed by atoms with Crippen molar-refractivity contribution in [2.24, 2.45) is 0 Å². The summed E-state index contributed by atoms with van der Waals surface area (Å²) in [6.45, 7) is 0.992. The number of esters is 1. The zero-order chi connectivity index (χ0) is 14.9. The largest absolute Gasteiger partial charge is 0.456 e. The summed E-state index contributed by atoms with van der Waals surface area (Å²) in [5, 5.41) is 0. The van der Waals surface area contributed by atoms with Crippen LogP contribution in [0.15, 0.2) is 60.7 Å². The van der Waals surface area contributed by atoms with E-state index in [2.05, 4.69) is 5.73 Å². The smallest absolute Gasteiger partial charge is 0.367 e. The minimum Gasteiger partial charge on any atom is -0.456 e. The highest BCUT2D eigenvalue weighted by molar-refractivity contribution is 5.74. The van der Waals surface area contributed by atoms with Gasteiger partial charge < -0.3 is 15.2 Å². The molecular formula is C17H20NO3+. The molecule has 0 saturated heterocycles. The van der Waals surface area contributed by atoms with Crippen molar-refractivity contribution in [3.05, 3.63) is 71.8 Å². The summed E-state index contributed by atoms with van der Waals surface area (Å²) in [5.41, 5.74) is 5.81. The van der Waals surface area contributed by atoms with Crippen molar-refractivity contribution < 1.29 is 20.0 Å². The lowest BCUT2D eigenvalue weighted by Gasteiger charge is -2.10. The highest BCUT2D eigenvalue weighted by Gasteiger charge is 2.19. The molecule has 110 valence electrons. The molecule has 4 nitrogen and oxygen atoms in total. The predicted octanol–water partition coefficient (Wildman–Crippen LogP) is 1.56. The quantitative estimate of drug-likeness (QED) is 0.786. The van der Waals surface area contributed by atoms with E-state index in [0.29, 0.717) is 6.61 Å². The highest BCUT2D eigenvalue weighted by atomic mass is 16.5. The first-order valence-corrected chi connectivity index (χ1v) is 6.91. The van der Waals surface area contributed by atoms with Gasteiger partial charge in [0.2, 0.25) is 6.04 Å². The lowest BCUT2D eigenvalue weighted by atomic mass is 10.2. The number of carbonyl (C=O) groups is 1. The molecule has 21 heavy (non-hydrogen) atoms. The summed E-state index contributed by atoms with van der Waals surface area (Å²) in [6, 6.07) is 18.9. The van der Waals surface area contributed by atoms with Crippen LogP contribution in [-0.4, -0.2) is 18.6 Å². The molecule has 2 aromatic rings. The SMILES string of the molecule is [NH3+][C@@H](COCc1ccccc1)C(=O)OCc1ccccc1. The van der Waals surface area contributed by atoms with E-state index in [-0.39, 0.29) is 19.2 Å². The van der Waals surface area contributed by atoms with Crippen LogP contribution < -0.4 is 5.73 Å². The van der Waals surface area contributed by atoms with Crippen LogP contribution in [0.5, 0.6) is 0 Å². The third kappa shape index (κ3) is 5.38. The normalized spacial score (nSPS) is 11.9. The number of hydrogen-bond acceptors (Lipinski definition) is 3. The molecule has 3 N–H and O–H groups in total. The van der Waals surface area contributed by atoms with Crippen LogP contribution in [0.1, 0.15) is 11.1 Å². The van der Waals surface area contributed by atoms with Gasteiger partial charge in [-0.25, -0.2) is 4.79 Å². The van der Waals surface area contributed by atoms with Gasteiger partial charge in [-0.15, -0.1) is 0 Å². The van der Waals surface area contributed by atoms with E-state index in [1.807, 2.05) is 60.7 Å². The molecule has 2 rings (SSSR count). The molecule has 2 aromatic carbocycles. The molecule has 0 amide bonds. The molecule has 1 atom stereocenters. The fourth-order valence-electron chi connectivity index (χ4n) is 1.81. The molecule has 0 saturated carbocycles. The van der Waals surface area contributed by atoms with Crippen molar-refractivity contribution >= 4 is 5.97 Å². The number of rotatable bonds is 7. The first-order valence-electron chi connectivity index (χ1n) is 6.91. The first-order chi connectivity index (χ1) is 10.3. The Balaban J connectivity index is 1.68. The Morgan fingerprint density at radius 2 is 1.43 bits per heavy atom. The second-order valence-corrected chi connectivity index (χ2v) is 4.79. The predicted molar refractivity (Wildman–Crippen MR) is 79.0 cm³/mol. The first kappa shape index (κ1) is 15.2. The number of ether oxygens (including phenoxy) is 2. The van der Waals surface area contributed by atoms with Crippen LogP contribution in [0.25, 0.3) is 0 Å². The van der Waals surface area contributed by atoms with E-state index in [4.69, 9.17) is 9.47 Å². The number of quaternary nitrogens is 1. The van der Waals surface area contributed by atoms with Crippen molar-refractivity contribution in [1.29, 1.82) is 0 Å². The molecule has 4 heteroatoms. The minimum absolute atomic E-state index is 0.252. The van der Waals surface area contributed by atoms with Crippen molar-refractivity contribution in [3.8, 4) is 0 Å². The van der Waals surface area contributed by atoms with Crippen molar-refractivity contribution in [2.75, 3.05) is 6.61 Å². The molecule has 0 aliphatic rings. The molecule has 0 aliphatic heterocycles. The fraction of sp³-hybridized carbons (Fsp3) is 0.235. The van der Waals surface area contributed by atoms with Gasteiger partial charge in [0.15, 0.2) is 0 Å². The van der Waals surface area contributed by atoms with Gasteiger partial charge in [-0.05, 0) is 11.1 Å². The summed E-state index contributed by atoms with van der Waals surface area (Å²) < 4.78 is 10.7. The van der Waals surface area contributed by atoms with Gasteiger partial charge in [-0.3, -0.25) is 0 Å². The monoisotopic (exact) mass is 286 g/mol. The van der Waals surface area contributed by atoms with Gasteiger partial charge in [-0.1, -0.05) is 60.7 Å². The van der Waals surface area contributed by atoms with Crippen LogP contribution in [0.4, 0.5) is 0 Å². The third-order valence-corrected chi connectivity index (χ3v) is 2.99. The van der Waals surface area contributed by atoms with E-state index in [1.54, 1.807) is 0 Å². The molecule has 0 radical (unpaired) electrons. The maximum absolute atomic E-state index is 11.8. The van der Waals surface area contributed by atoms with Gasteiger partial charge in [0.1, 0.15) is 13.2 Å². The van der Waals surface area contributed by atoms with E-state index < -0.39 is 6.04 Å². The van der Waals surface area contributed by atoms with Gasteiger partial charge in [0.25, 0.3) is 0 Å². The molecule has 0 unspecified atom stereocenters. The maximum Gasteiger partial charge on any atom is 0.367 e. The Bertz CT molecular complexity index is 542. The number of hydrogen-bond donors (Lipinski definition) is 1. The summed E-state index contributed by atoms with van der Waals surface area (Å²) in [4.78, 5) is 11.8. The van der Waals surface area contributed by atoms with E-state index >= 15 is 0 Å². The van der Waals surface area contributed by atoms with Crippen LogP contribution >= 0.6 is 0 Å². The zero-order valence-electron chi connectivity index (χ0n) is 11.9. The Kier molecular flexibility index (Phi) is 5.94. The van der Waals surface area contributed by atoms with E-state index in [9.17, 15) is 4.79 Å². The fourth-order valence-corrected chi connectivity index (χ4v) is 1.81. The standard InChI is InChI=1S/C17H19NO3/c18-16(13-20-11-14-7-3-1-4-8-14)17(19)21-12-15-9-5-2-6-10-15/h1-10,16H,11-13,18H2/p+1/t16-/m0/s1. The highest BCUT2D eigenvalue weighted by Crippen LogP contribution is 2.03. The van der Waals surface area contributed by atoms with Crippen LogP contribution in [0.2, 0.25) is 0 Å². The second-order valence-electron chi connectivity index (χ2n) is 4.79. The lowest BCUT2D eigenvalue weighted by Crippen LogP contribution is -2.67. The number of carbonyl (C=O) groups excluding carboxylic acids is 1. The molecule has 0 bridgehead atoms. The van der Waals surface area contributed by atoms with Gasteiger partial charge in [0, 0.05) is 0 Å². The molecule has 0 spiro atoms. The maximum atomic E-state index is 11.8. The zero-order valence-corrected chi connectivity index (χ0v) is 11.9. The van der Waals surface area contributed by atoms with Gasteiger partial charge in [0.05, 0.1) is 6.61 Å². The molecule has 0 aromatic heterocycles. The van der Waals surface area contributed by atoms with Crippen LogP contribution in [0.3, 0.4) is 0 Å². The topological polar surface area (TPSA) is 63.2 Å². The van der Waals surface area contributed by atoms with E-state index in [1.165, 1.54) is 0 Å². The van der Waals surface area contributed by atoms with Gasteiger partial charge >= 0.3 is 5.97 Å². The van der Waals surface area contributed by atoms with Crippen molar-refractivity contribution in [3.63, 3.8) is 0 Å². The summed E-state index contributed by atoms with van der Waals surface area (Å²) in [6.07, 6.45) is 0. The second kappa shape index (κ2) is 8.19. The van der Waals surface area contributed by atoms with Crippen molar-refractivity contribution in [2.45, 2.75) is 19.3 Å². The molecule has 0 aliphatic carbocycles. The third-order valence-electron chi connectivity index (χ3n) is 2.99. The Morgan fingerprint density at radius 1 is 0.905 bits per heavy atom. The average molecular weight is 286 g/mol. The summed E-state index contributed by atoms with van der Waals surface area (Å²) >= 11 is 0.